The van der Waals surface area contributed by atoms with Crippen LogP contribution in [-0.2, 0) is 9.53 Å². The minimum absolute atomic E-state index is 0. The van der Waals surface area contributed by atoms with Gasteiger partial charge in [-0.2, -0.15) is 0 Å². The summed E-state index contributed by atoms with van der Waals surface area (Å²) >= 11 is 0. The molecule has 1 unspecified atom stereocenters. The zero-order valence-corrected chi connectivity index (χ0v) is 11.7. The topological polar surface area (TPSA) is 61.9 Å². The predicted molar refractivity (Wildman–Crippen MR) is 71.3 cm³/mol. The smallest absolute Gasteiger partial charge is 0.410 e. The highest BCUT2D eigenvalue weighted by Gasteiger charge is 2.39. The Hall–Kier alpha value is -1.01. The van der Waals surface area contributed by atoms with E-state index in [2.05, 4.69) is 5.32 Å². The van der Waals surface area contributed by atoms with Gasteiger partial charge in [0, 0.05) is 25.6 Å². The Morgan fingerprint density at radius 2 is 2.00 bits per heavy atom. The second-order valence-electron chi connectivity index (χ2n) is 5.23. The number of amides is 2. The highest BCUT2D eigenvalue weighted by atomic mass is 35.5. The first-order valence-electron chi connectivity index (χ1n) is 6.68. The van der Waals surface area contributed by atoms with Gasteiger partial charge in [0.2, 0.25) is 5.91 Å². The number of piperidine rings is 1. The minimum atomic E-state index is -0.228. The molecule has 7 heteroatoms. The third kappa shape index (κ3) is 2.79. The fraction of sp³-hybridized carbons (Fsp3) is 0.833. The van der Waals surface area contributed by atoms with Crippen LogP contribution < -0.4 is 5.32 Å². The van der Waals surface area contributed by atoms with Crippen molar-refractivity contribution in [1.29, 1.82) is 0 Å². The largest absolute Gasteiger partial charge is 0.447 e. The number of halogens is 1. The van der Waals surface area contributed by atoms with Crippen molar-refractivity contribution in [3.63, 3.8) is 0 Å². The van der Waals surface area contributed by atoms with Gasteiger partial charge in [-0.25, -0.2) is 4.79 Å². The highest BCUT2D eigenvalue weighted by Crippen LogP contribution is 2.21. The molecule has 0 bridgehead atoms. The highest BCUT2D eigenvalue weighted by molar-refractivity contribution is 5.85. The second kappa shape index (κ2) is 5.96. The number of carbonyl (C=O) groups is 2. The Kier molecular flexibility index (Phi) is 4.52. The summed E-state index contributed by atoms with van der Waals surface area (Å²) in [7, 11) is 0. The molecule has 3 aliphatic heterocycles. The van der Waals surface area contributed by atoms with Gasteiger partial charge < -0.3 is 15.0 Å². The first-order valence-corrected chi connectivity index (χ1v) is 6.68. The first-order chi connectivity index (χ1) is 8.75. The summed E-state index contributed by atoms with van der Waals surface area (Å²) in [6.07, 6.45) is 1.63. The number of carbonyl (C=O) groups excluding carboxylic acids is 2. The second-order valence-corrected chi connectivity index (χ2v) is 5.23. The average molecular weight is 290 g/mol. The molecular weight excluding hydrogens is 270 g/mol. The quantitative estimate of drug-likeness (QED) is 0.742. The molecule has 3 fully saturated rings. The van der Waals surface area contributed by atoms with Crippen molar-refractivity contribution in [1.82, 2.24) is 15.1 Å². The molecule has 3 saturated heterocycles. The SMILES string of the molecule is Cl.O=C(C1CCNCC1)N1CCN2C(=O)OCC2C1. The van der Waals surface area contributed by atoms with Crippen LogP contribution in [0.15, 0.2) is 0 Å². The van der Waals surface area contributed by atoms with E-state index in [4.69, 9.17) is 4.74 Å². The Morgan fingerprint density at radius 3 is 2.74 bits per heavy atom. The number of piperazine rings is 1. The van der Waals surface area contributed by atoms with Crippen molar-refractivity contribution >= 4 is 24.4 Å². The van der Waals surface area contributed by atoms with Gasteiger partial charge in [0.05, 0.1) is 6.04 Å². The third-order valence-electron chi connectivity index (χ3n) is 4.12. The lowest BCUT2D eigenvalue weighted by atomic mass is 9.96. The fourth-order valence-electron chi connectivity index (χ4n) is 3.02. The van der Waals surface area contributed by atoms with Crippen molar-refractivity contribution in [2.24, 2.45) is 5.92 Å². The number of hydrogen-bond acceptors (Lipinski definition) is 4. The van der Waals surface area contributed by atoms with Crippen molar-refractivity contribution in [2.45, 2.75) is 18.9 Å². The molecule has 3 heterocycles. The van der Waals surface area contributed by atoms with E-state index in [1.54, 1.807) is 4.90 Å². The average Bonchev–Trinajstić information content (AvgIpc) is 2.80. The molecule has 3 aliphatic rings. The molecule has 0 radical (unpaired) electrons. The monoisotopic (exact) mass is 289 g/mol. The Bertz CT molecular complexity index is 360. The summed E-state index contributed by atoms with van der Waals surface area (Å²) in [5, 5.41) is 3.27. The summed E-state index contributed by atoms with van der Waals surface area (Å²) in [5.74, 6) is 0.423. The van der Waals surface area contributed by atoms with E-state index in [9.17, 15) is 9.59 Å². The molecule has 2 amide bonds. The van der Waals surface area contributed by atoms with Gasteiger partial charge in [-0.1, -0.05) is 0 Å². The molecule has 1 N–H and O–H groups in total. The number of nitrogens with zero attached hydrogens (tertiary/aromatic N) is 2. The third-order valence-corrected chi connectivity index (χ3v) is 4.12. The van der Waals surface area contributed by atoms with E-state index in [1.807, 2.05) is 4.90 Å². The van der Waals surface area contributed by atoms with Gasteiger partial charge in [-0.15, -0.1) is 12.4 Å². The Balaban J connectivity index is 0.00000133. The molecule has 6 nitrogen and oxygen atoms in total. The Morgan fingerprint density at radius 1 is 1.26 bits per heavy atom. The van der Waals surface area contributed by atoms with Gasteiger partial charge in [0.15, 0.2) is 0 Å². The molecule has 108 valence electrons. The summed E-state index contributed by atoms with van der Waals surface area (Å²) < 4.78 is 5.01. The molecule has 19 heavy (non-hydrogen) atoms. The molecular formula is C12H20ClN3O3. The molecule has 0 aromatic heterocycles. The summed E-state index contributed by atoms with van der Waals surface area (Å²) in [4.78, 5) is 27.4. The van der Waals surface area contributed by atoms with Crippen molar-refractivity contribution in [2.75, 3.05) is 39.3 Å². The molecule has 0 aliphatic carbocycles. The van der Waals surface area contributed by atoms with Gasteiger partial charge in [-0.05, 0) is 25.9 Å². The molecule has 0 aromatic rings. The van der Waals surface area contributed by atoms with E-state index in [1.165, 1.54) is 0 Å². The number of hydrogen-bond donors (Lipinski definition) is 1. The maximum atomic E-state index is 12.4. The number of rotatable bonds is 1. The zero-order chi connectivity index (χ0) is 12.5. The number of ether oxygens (including phenoxy) is 1. The fourth-order valence-corrected chi connectivity index (χ4v) is 3.02. The van der Waals surface area contributed by atoms with Crippen molar-refractivity contribution in [3.8, 4) is 0 Å². The van der Waals surface area contributed by atoms with Crippen LogP contribution in [-0.4, -0.2) is 67.2 Å². The minimum Gasteiger partial charge on any atom is -0.447 e. The number of nitrogens with one attached hydrogen (secondary N) is 1. The summed E-state index contributed by atoms with van der Waals surface area (Å²) in [5.41, 5.74) is 0. The van der Waals surface area contributed by atoms with E-state index >= 15 is 0 Å². The maximum Gasteiger partial charge on any atom is 0.410 e. The van der Waals surface area contributed by atoms with Gasteiger partial charge in [0.25, 0.3) is 0 Å². The molecule has 1 atom stereocenters. The zero-order valence-electron chi connectivity index (χ0n) is 10.8. The molecule has 0 spiro atoms. The van der Waals surface area contributed by atoms with Gasteiger partial charge >= 0.3 is 6.09 Å². The lowest BCUT2D eigenvalue weighted by molar-refractivity contribution is -0.138. The normalized spacial score (nSPS) is 27.6. The van der Waals surface area contributed by atoms with Crippen LogP contribution in [0.25, 0.3) is 0 Å². The maximum absolute atomic E-state index is 12.4. The van der Waals surface area contributed by atoms with Crippen LogP contribution in [0.5, 0.6) is 0 Å². The number of fused-ring (bicyclic) bond motifs is 1. The van der Waals surface area contributed by atoms with Crippen LogP contribution >= 0.6 is 12.4 Å². The van der Waals surface area contributed by atoms with Crippen LogP contribution in [0, 0.1) is 5.92 Å². The van der Waals surface area contributed by atoms with Crippen molar-refractivity contribution < 1.29 is 14.3 Å². The van der Waals surface area contributed by atoms with E-state index in [0.29, 0.717) is 26.2 Å². The van der Waals surface area contributed by atoms with E-state index < -0.39 is 0 Å². The molecule has 0 saturated carbocycles. The van der Waals surface area contributed by atoms with Crippen LogP contribution in [0.4, 0.5) is 4.79 Å². The van der Waals surface area contributed by atoms with E-state index in [0.717, 1.165) is 25.9 Å². The lowest BCUT2D eigenvalue weighted by Gasteiger charge is -2.37. The molecule has 3 rings (SSSR count). The van der Waals surface area contributed by atoms with Gasteiger partial charge in [-0.3, -0.25) is 9.69 Å². The Labute approximate surface area is 118 Å². The van der Waals surface area contributed by atoms with E-state index in [-0.39, 0.29) is 36.4 Å². The first kappa shape index (κ1) is 14.4. The lowest BCUT2D eigenvalue weighted by Crippen LogP contribution is -2.55. The standard InChI is InChI=1S/C12H19N3O3.ClH/c16-11(9-1-3-13-4-2-9)14-5-6-15-10(7-14)8-18-12(15)17;/h9-10,13H,1-8H2;1H. The van der Waals surface area contributed by atoms with Crippen LogP contribution in [0.1, 0.15) is 12.8 Å². The molecule has 0 aromatic carbocycles. The summed E-state index contributed by atoms with van der Waals surface area (Å²) in [6.45, 7) is 4.18. The number of cyclic esters (lactones) is 1. The van der Waals surface area contributed by atoms with Gasteiger partial charge in [0.1, 0.15) is 6.61 Å². The van der Waals surface area contributed by atoms with Crippen LogP contribution in [0.2, 0.25) is 0 Å². The van der Waals surface area contributed by atoms with Crippen LogP contribution in [0.3, 0.4) is 0 Å². The summed E-state index contributed by atoms with van der Waals surface area (Å²) in [6, 6.07) is 0.0666. The predicted octanol–water partition coefficient (Wildman–Crippen LogP) is 0.0708. The van der Waals surface area contributed by atoms with Crippen molar-refractivity contribution in [3.05, 3.63) is 0 Å².